The molecule has 4 rings (SSSR count). The fourth-order valence-corrected chi connectivity index (χ4v) is 4.67. The molecule has 0 bridgehead atoms. The van der Waals surface area contributed by atoms with Crippen LogP contribution < -0.4 is 15.8 Å². The average molecular weight is 437 g/mol. The lowest BCUT2D eigenvalue weighted by Gasteiger charge is -2.13. The third kappa shape index (κ3) is 4.39. The van der Waals surface area contributed by atoms with Gasteiger partial charge in [-0.25, -0.2) is 4.98 Å². The fraction of sp³-hybridized carbons (Fsp3) is 0.136. The number of amides is 1. The first kappa shape index (κ1) is 20.2. The summed E-state index contributed by atoms with van der Waals surface area (Å²) in [7, 11) is 3.93. The molecule has 152 valence electrons. The third-order valence-corrected chi connectivity index (χ3v) is 6.26. The van der Waals surface area contributed by atoms with Gasteiger partial charge < -0.3 is 15.2 Å². The number of hydrogen-bond donors (Lipinski definition) is 2. The van der Waals surface area contributed by atoms with Crippen LogP contribution in [0.1, 0.15) is 0 Å². The van der Waals surface area contributed by atoms with Crippen LogP contribution in [0, 0.1) is 0 Å². The van der Waals surface area contributed by atoms with Crippen LogP contribution in [0.2, 0.25) is 0 Å². The lowest BCUT2D eigenvalue weighted by molar-refractivity contribution is -0.113. The van der Waals surface area contributed by atoms with Gasteiger partial charge in [-0.3, -0.25) is 9.59 Å². The molecule has 0 aliphatic rings. The number of thioether (sulfide) groups is 1. The molecule has 4 aromatic rings. The minimum absolute atomic E-state index is 0.154. The summed E-state index contributed by atoms with van der Waals surface area (Å²) in [5.74, 6) is -0.00245. The molecule has 30 heavy (non-hydrogen) atoms. The number of carbonyl (C=O) groups is 1. The Morgan fingerprint density at radius 3 is 2.57 bits per heavy atom. The lowest BCUT2D eigenvalue weighted by atomic mass is 10.1. The Labute approximate surface area is 182 Å². The van der Waals surface area contributed by atoms with Crippen molar-refractivity contribution in [2.75, 3.05) is 30.1 Å². The van der Waals surface area contributed by atoms with E-state index in [4.69, 9.17) is 0 Å². The highest BCUT2D eigenvalue weighted by Gasteiger charge is 2.14. The molecule has 0 spiro atoms. The molecular formula is C22H20N4O2S2. The Hall–Kier alpha value is -3.10. The van der Waals surface area contributed by atoms with Crippen molar-refractivity contribution in [3.05, 3.63) is 70.3 Å². The van der Waals surface area contributed by atoms with E-state index in [1.807, 2.05) is 79.0 Å². The maximum absolute atomic E-state index is 12.7. The van der Waals surface area contributed by atoms with Gasteiger partial charge >= 0.3 is 0 Å². The Bertz CT molecular complexity index is 1230. The number of carbonyl (C=O) groups excluding carboxylic acids is 1. The van der Waals surface area contributed by atoms with Crippen LogP contribution in [0.3, 0.4) is 0 Å². The quantitative estimate of drug-likeness (QED) is 0.345. The summed E-state index contributed by atoms with van der Waals surface area (Å²) in [6, 6.07) is 17.4. The fourth-order valence-electron chi connectivity index (χ4n) is 3.00. The van der Waals surface area contributed by atoms with Crippen LogP contribution in [0.15, 0.2) is 69.9 Å². The molecule has 0 saturated carbocycles. The topological polar surface area (TPSA) is 78.1 Å². The van der Waals surface area contributed by atoms with Crippen molar-refractivity contribution in [3.8, 4) is 11.1 Å². The molecule has 0 saturated heterocycles. The monoisotopic (exact) mass is 436 g/mol. The summed E-state index contributed by atoms with van der Waals surface area (Å²) >= 11 is 2.64. The van der Waals surface area contributed by atoms with E-state index in [0.29, 0.717) is 15.4 Å². The normalized spacial score (nSPS) is 10.9. The largest absolute Gasteiger partial charge is 0.378 e. The minimum Gasteiger partial charge on any atom is -0.378 e. The zero-order valence-electron chi connectivity index (χ0n) is 16.5. The Morgan fingerprint density at radius 2 is 1.87 bits per heavy atom. The molecular weight excluding hydrogens is 416 g/mol. The first-order valence-electron chi connectivity index (χ1n) is 9.28. The second-order valence-electron chi connectivity index (χ2n) is 6.84. The lowest BCUT2D eigenvalue weighted by Crippen LogP contribution is -2.15. The minimum atomic E-state index is -0.192. The molecule has 0 atom stereocenters. The highest BCUT2D eigenvalue weighted by molar-refractivity contribution is 7.99. The van der Waals surface area contributed by atoms with Crippen LogP contribution in [0.5, 0.6) is 0 Å². The molecule has 2 N–H and O–H groups in total. The number of thiophene rings is 1. The standard InChI is InChI=1S/C22H20N4O2S2/c1-26(2)16-10-8-15(9-11-16)23-18(27)13-30-22-24-20(28)19-17(12-29-21(19)25-22)14-6-4-3-5-7-14/h3-12H,13H2,1-2H3,(H,23,27)(H,24,25,28). The molecule has 0 radical (unpaired) electrons. The van der Waals surface area contributed by atoms with Crippen molar-refractivity contribution in [2.45, 2.75) is 5.16 Å². The van der Waals surface area contributed by atoms with Gasteiger partial charge in [-0.15, -0.1) is 11.3 Å². The van der Waals surface area contributed by atoms with Crippen LogP contribution in [-0.2, 0) is 4.79 Å². The number of nitrogens with zero attached hydrogens (tertiary/aromatic N) is 2. The van der Waals surface area contributed by atoms with Crippen molar-refractivity contribution in [3.63, 3.8) is 0 Å². The van der Waals surface area contributed by atoms with Crippen molar-refractivity contribution in [2.24, 2.45) is 0 Å². The number of rotatable bonds is 6. The first-order chi connectivity index (χ1) is 14.5. The van der Waals surface area contributed by atoms with E-state index in [1.54, 1.807) is 0 Å². The van der Waals surface area contributed by atoms with E-state index < -0.39 is 0 Å². The Morgan fingerprint density at radius 1 is 1.13 bits per heavy atom. The van der Waals surface area contributed by atoms with Gasteiger partial charge in [0.25, 0.3) is 5.56 Å². The number of aromatic nitrogens is 2. The number of hydrogen-bond acceptors (Lipinski definition) is 6. The molecule has 0 aliphatic heterocycles. The van der Waals surface area contributed by atoms with Gasteiger partial charge in [-0.2, -0.15) is 0 Å². The molecule has 1 amide bonds. The van der Waals surface area contributed by atoms with Gasteiger partial charge in [0.1, 0.15) is 4.83 Å². The van der Waals surface area contributed by atoms with Gasteiger partial charge in [0.2, 0.25) is 5.91 Å². The van der Waals surface area contributed by atoms with E-state index in [9.17, 15) is 9.59 Å². The zero-order valence-corrected chi connectivity index (χ0v) is 18.1. The Kier molecular flexibility index (Phi) is 5.87. The number of aromatic amines is 1. The summed E-state index contributed by atoms with van der Waals surface area (Å²) in [5.41, 5.74) is 3.45. The molecule has 2 heterocycles. The van der Waals surface area contributed by atoms with Crippen molar-refractivity contribution < 1.29 is 4.79 Å². The number of fused-ring (bicyclic) bond motifs is 1. The smallest absolute Gasteiger partial charge is 0.260 e. The third-order valence-electron chi connectivity index (χ3n) is 4.51. The zero-order chi connectivity index (χ0) is 21.1. The van der Waals surface area contributed by atoms with Gasteiger partial charge in [0, 0.05) is 36.4 Å². The number of nitrogens with one attached hydrogen (secondary N) is 2. The number of benzene rings is 2. The maximum Gasteiger partial charge on any atom is 0.260 e. The van der Waals surface area contributed by atoms with Crippen LogP contribution >= 0.6 is 23.1 Å². The Balaban J connectivity index is 1.45. The SMILES string of the molecule is CN(C)c1ccc(NC(=O)CSc2nc3scc(-c4ccccc4)c3c(=O)[nH]2)cc1. The van der Waals surface area contributed by atoms with Gasteiger partial charge in [0.15, 0.2) is 5.16 Å². The number of H-pyrrole nitrogens is 1. The van der Waals surface area contributed by atoms with Gasteiger partial charge in [0.05, 0.1) is 11.1 Å². The predicted octanol–water partition coefficient (Wildman–Crippen LogP) is 4.45. The van der Waals surface area contributed by atoms with E-state index in [-0.39, 0.29) is 17.2 Å². The molecule has 0 aliphatic carbocycles. The summed E-state index contributed by atoms with van der Waals surface area (Å²) in [6.07, 6.45) is 0. The van der Waals surface area contributed by atoms with Crippen molar-refractivity contribution in [1.29, 1.82) is 0 Å². The summed E-state index contributed by atoms with van der Waals surface area (Å²) in [4.78, 5) is 34.9. The first-order valence-corrected chi connectivity index (χ1v) is 11.1. The highest BCUT2D eigenvalue weighted by Crippen LogP contribution is 2.31. The van der Waals surface area contributed by atoms with E-state index in [1.165, 1.54) is 23.1 Å². The van der Waals surface area contributed by atoms with Gasteiger partial charge in [-0.05, 0) is 29.8 Å². The van der Waals surface area contributed by atoms with E-state index in [0.717, 1.165) is 22.5 Å². The summed E-state index contributed by atoms with van der Waals surface area (Å²) < 4.78 is 0. The second kappa shape index (κ2) is 8.73. The van der Waals surface area contributed by atoms with E-state index >= 15 is 0 Å². The van der Waals surface area contributed by atoms with Crippen molar-refractivity contribution in [1.82, 2.24) is 9.97 Å². The highest BCUT2D eigenvalue weighted by atomic mass is 32.2. The molecule has 2 aromatic carbocycles. The van der Waals surface area contributed by atoms with Crippen LogP contribution in [0.25, 0.3) is 21.3 Å². The molecule has 8 heteroatoms. The van der Waals surface area contributed by atoms with Crippen LogP contribution in [0.4, 0.5) is 11.4 Å². The predicted molar refractivity (Wildman–Crippen MR) is 126 cm³/mol. The molecule has 6 nitrogen and oxygen atoms in total. The number of anilines is 2. The summed E-state index contributed by atoms with van der Waals surface area (Å²) in [5, 5.41) is 5.83. The van der Waals surface area contributed by atoms with Crippen molar-refractivity contribution >= 4 is 50.6 Å². The molecule has 2 aromatic heterocycles. The average Bonchev–Trinajstić information content (AvgIpc) is 3.18. The maximum atomic E-state index is 12.7. The second-order valence-corrected chi connectivity index (χ2v) is 8.67. The van der Waals surface area contributed by atoms with Crippen LogP contribution in [-0.4, -0.2) is 35.7 Å². The summed E-state index contributed by atoms with van der Waals surface area (Å²) in [6.45, 7) is 0. The van der Waals surface area contributed by atoms with Gasteiger partial charge in [-0.1, -0.05) is 42.1 Å². The molecule has 0 unspecified atom stereocenters. The molecule has 0 fully saturated rings. The van der Waals surface area contributed by atoms with E-state index in [2.05, 4.69) is 15.3 Å².